The van der Waals surface area contributed by atoms with Crippen LogP contribution in [0, 0.1) is 12.8 Å². The summed E-state index contributed by atoms with van der Waals surface area (Å²) in [4.78, 5) is 19.0. The van der Waals surface area contributed by atoms with E-state index in [9.17, 15) is 4.79 Å². The summed E-state index contributed by atoms with van der Waals surface area (Å²) in [5.74, 6) is 1.11. The van der Waals surface area contributed by atoms with E-state index in [4.69, 9.17) is 10.2 Å². The van der Waals surface area contributed by atoms with Crippen LogP contribution in [0.4, 0.5) is 0 Å². The molecule has 0 bridgehead atoms. The number of aryl methyl sites for hydroxylation is 1. The molecule has 0 saturated carbocycles. The van der Waals surface area contributed by atoms with E-state index in [-0.39, 0.29) is 11.9 Å². The lowest BCUT2D eigenvalue weighted by atomic mass is 9.92. The van der Waals surface area contributed by atoms with Crippen LogP contribution in [-0.4, -0.2) is 34.9 Å². The summed E-state index contributed by atoms with van der Waals surface area (Å²) < 4.78 is 5.78. The van der Waals surface area contributed by atoms with Crippen LogP contribution in [0.15, 0.2) is 34.7 Å². The van der Waals surface area contributed by atoms with Crippen molar-refractivity contribution < 1.29 is 9.21 Å². The number of nitrogens with two attached hydrogens (primary N) is 1. The number of benzene rings is 1. The van der Waals surface area contributed by atoms with Crippen LogP contribution >= 0.6 is 0 Å². The number of hydrogen-bond acceptors (Lipinski definition) is 4. The molecular weight excluding hydrogens is 290 g/mol. The molecule has 1 saturated heterocycles. The van der Waals surface area contributed by atoms with Gasteiger partial charge in [0.1, 0.15) is 0 Å². The maximum atomic E-state index is 12.8. The van der Waals surface area contributed by atoms with Crippen molar-refractivity contribution >= 4 is 5.91 Å². The molecular formula is C18H23N3O2. The summed E-state index contributed by atoms with van der Waals surface area (Å²) in [7, 11) is 0. The van der Waals surface area contributed by atoms with Crippen molar-refractivity contribution in [1.82, 2.24) is 9.88 Å². The van der Waals surface area contributed by atoms with Gasteiger partial charge in [0, 0.05) is 24.7 Å². The second-order valence-corrected chi connectivity index (χ2v) is 6.31. The van der Waals surface area contributed by atoms with Gasteiger partial charge in [0.15, 0.2) is 0 Å². The highest BCUT2D eigenvalue weighted by Gasteiger charge is 2.29. The predicted octanol–water partition coefficient (Wildman–Crippen LogP) is 2.85. The molecule has 1 fully saturated rings. The maximum Gasteiger partial charge on any atom is 0.291 e. The van der Waals surface area contributed by atoms with Gasteiger partial charge in [-0.1, -0.05) is 18.2 Å². The Hall–Kier alpha value is -2.14. The quantitative estimate of drug-likeness (QED) is 0.945. The Balaban J connectivity index is 1.81. The third-order valence-electron chi connectivity index (χ3n) is 4.50. The van der Waals surface area contributed by atoms with Crippen LogP contribution < -0.4 is 5.73 Å². The molecule has 122 valence electrons. The molecule has 2 N–H and O–H groups in total. The van der Waals surface area contributed by atoms with E-state index in [0.717, 1.165) is 24.9 Å². The number of oxazole rings is 1. The van der Waals surface area contributed by atoms with Gasteiger partial charge < -0.3 is 15.1 Å². The van der Waals surface area contributed by atoms with E-state index >= 15 is 0 Å². The highest BCUT2D eigenvalue weighted by Crippen LogP contribution is 2.25. The average Bonchev–Trinajstić information content (AvgIpc) is 2.97. The highest BCUT2D eigenvalue weighted by atomic mass is 16.4. The van der Waals surface area contributed by atoms with E-state index in [2.05, 4.69) is 4.98 Å². The summed E-state index contributed by atoms with van der Waals surface area (Å²) in [5.41, 5.74) is 7.52. The zero-order valence-corrected chi connectivity index (χ0v) is 13.7. The van der Waals surface area contributed by atoms with Crippen molar-refractivity contribution in [3.63, 3.8) is 0 Å². The van der Waals surface area contributed by atoms with E-state index < -0.39 is 0 Å². The zero-order valence-electron chi connectivity index (χ0n) is 13.7. The summed E-state index contributed by atoms with van der Waals surface area (Å²) in [6, 6.07) is 9.73. The molecule has 1 aliphatic heterocycles. The van der Waals surface area contributed by atoms with E-state index in [1.54, 1.807) is 0 Å². The Kier molecular flexibility index (Phi) is 4.48. The van der Waals surface area contributed by atoms with Gasteiger partial charge in [0.05, 0.1) is 5.69 Å². The fourth-order valence-electron chi connectivity index (χ4n) is 3.07. The molecule has 23 heavy (non-hydrogen) atoms. The van der Waals surface area contributed by atoms with Crippen LogP contribution in [0.3, 0.4) is 0 Å². The first-order chi connectivity index (χ1) is 11.1. The summed E-state index contributed by atoms with van der Waals surface area (Å²) in [6.07, 6.45) is 2.06. The normalized spacial score (nSPS) is 19.6. The summed E-state index contributed by atoms with van der Waals surface area (Å²) in [6.45, 7) is 5.27. The second-order valence-electron chi connectivity index (χ2n) is 6.31. The zero-order chi connectivity index (χ0) is 16.4. The predicted molar refractivity (Wildman–Crippen MR) is 89.0 cm³/mol. The molecule has 1 amide bonds. The van der Waals surface area contributed by atoms with Crippen LogP contribution in [0.1, 0.15) is 36.0 Å². The number of carbonyl (C=O) groups excluding carboxylic acids is 1. The van der Waals surface area contributed by atoms with Gasteiger partial charge in [-0.2, -0.15) is 0 Å². The van der Waals surface area contributed by atoms with Gasteiger partial charge in [0.2, 0.25) is 11.7 Å². The number of likely N-dealkylation sites (tertiary alicyclic amines) is 1. The van der Waals surface area contributed by atoms with E-state index in [0.29, 0.717) is 29.8 Å². The molecule has 1 aromatic heterocycles. The molecule has 2 heterocycles. The molecule has 0 spiro atoms. The maximum absolute atomic E-state index is 12.8. The van der Waals surface area contributed by atoms with Crippen molar-refractivity contribution in [3.05, 3.63) is 41.8 Å². The molecule has 1 aromatic carbocycles. The van der Waals surface area contributed by atoms with Gasteiger partial charge >= 0.3 is 0 Å². The highest BCUT2D eigenvalue weighted by molar-refractivity contribution is 5.93. The number of aromatic nitrogens is 1. The second kappa shape index (κ2) is 6.54. The number of hydrogen-bond donors (Lipinski definition) is 1. The van der Waals surface area contributed by atoms with Gasteiger partial charge in [-0.15, -0.1) is 0 Å². The lowest BCUT2D eigenvalue weighted by Gasteiger charge is -2.34. The van der Waals surface area contributed by atoms with Gasteiger partial charge in [-0.05, 0) is 44.7 Å². The summed E-state index contributed by atoms with van der Waals surface area (Å²) in [5, 5.41) is 0. The number of rotatable bonds is 3. The topological polar surface area (TPSA) is 72.4 Å². The summed E-state index contributed by atoms with van der Waals surface area (Å²) >= 11 is 0. The van der Waals surface area contributed by atoms with E-state index in [1.807, 2.05) is 49.1 Å². The Morgan fingerprint density at radius 3 is 2.83 bits per heavy atom. The third kappa shape index (κ3) is 3.29. The van der Waals surface area contributed by atoms with Crippen LogP contribution in [0.25, 0.3) is 11.5 Å². The monoisotopic (exact) mass is 313 g/mol. The molecule has 2 aromatic rings. The molecule has 5 heteroatoms. The van der Waals surface area contributed by atoms with Gasteiger partial charge in [-0.3, -0.25) is 4.79 Å². The first-order valence-electron chi connectivity index (χ1n) is 8.14. The molecule has 2 unspecified atom stereocenters. The van der Waals surface area contributed by atoms with Crippen LogP contribution in [-0.2, 0) is 0 Å². The third-order valence-corrected chi connectivity index (χ3v) is 4.50. The lowest BCUT2D eigenvalue weighted by molar-refractivity contribution is 0.0629. The van der Waals surface area contributed by atoms with Crippen molar-refractivity contribution in [2.45, 2.75) is 32.7 Å². The molecule has 3 rings (SSSR count). The number of carbonyl (C=O) groups is 1. The van der Waals surface area contributed by atoms with Crippen molar-refractivity contribution in [3.8, 4) is 11.5 Å². The lowest BCUT2D eigenvalue weighted by Crippen LogP contribution is -2.45. The minimum absolute atomic E-state index is 0.0810. The molecule has 5 nitrogen and oxygen atoms in total. The van der Waals surface area contributed by atoms with Crippen LogP contribution in [0.2, 0.25) is 0 Å². The SMILES string of the molecule is Cc1nc(-c2ccccc2)oc1C(=O)N1CCCC(C(C)N)C1. The fraction of sp³-hybridized carbons (Fsp3) is 0.444. The van der Waals surface area contributed by atoms with Crippen LogP contribution in [0.5, 0.6) is 0 Å². The van der Waals surface area contributed by atoms with E-state index in [1.165, 1.54) is 0 Å². The average molecular weight is 313 g/mol. The first-order valence-corrected chi connectivity index (χ1v) is 8.14. The molecule has 2 atom stereocenters. The van der Waals surface area contributed by atoms with Gasteiger partial charge in [0.25, 0.3) is 5.91 Å². The fourth-order valence-corrected chi connectivity index (χ4v) is 3.07. The minimum Gasteiger partial charge on any atom is -0.431 e. The molecule has 0 radical (unpaired) electrons. The smallest absolute Gasteiger partial charge is 0.291 e. The Bertz CT molecular complexity index is 679. The standard InChI is InChI=1S/C18H23N3O2/c1-12(19)15-9-6-10-21(11-15)18(22)16-13(2)20-17(23-16)14-7-4-3-5-8-14/h3-5,7-8,12,15H,6,9-11,19H2,1-2H3. The Labute approximate surface area is 136 Å². The minimum atomic E-state index is -0.0810. The van der Waals surface area contributed by atoms with Crippen molar-refractivity contribution in [2.24, 2.45) is 11.7 Å². The Morgan fingerprint density at radius 2 is 2.13 bits per heavy atom. The Morgan fingerprint density at radius 1 is 1.39 bits per heavy atom. The molecule has 0 aliphatic carbocycles. The van der Waals surface area contributed by atoms with Crippen molar-refractivity contribution in [1.29, 1.82) is 0 Å². The van der Waals surface area contributed by atoms with Gasteiger partial charge in [-0.25, -0.2) is 4.98 Å². The number of piperidine rings is 1. The molecule has 1 aliphatic rings. The number of amides is 1. The first kappa shape index (κ1) is 15.7. The number of nitrogens with zero attached hydrogens (tertiary/aromatic N) is 2. The van der Waals surface area contributed by atoms with Crippen molar-refractivity contribution in [2.75, 3.05) is 13.1 Å². The largest absolute Gasteiger partial charge is 0.431 e.